The molecule has 0 unspecified atom stereocenters. The van der Waals surface area contributed by atoms with Crippen LogP contribution in [0.25, 0.3) is 0 Å². The molecule has 2 aliphatic rings. The van der Waals surface area contributed by atoms with Crippen molar-refractivity contribution >= 4 is 23.9 Å². The minimum Gasteiger partial charge on any atom is -0.478 e. The summed E-state index contributed by atoms with van der Waals surface area (Å²) in [5, 5.41) is 15.6. The van der Waals surface area contributed by atoms with Crippen molar-refractivity contribution in [2.45, 2.75) is 25.7 Å². The molecule has 2 N–H and O–H groups in total. The van der Waals surface area contributed by atoms with Gasteiger partial charge in [0.25, 0.3) is 0 Å². The van der Waals surface area contributed by atoms with Crippen LogP contribution in [0.1, 0.15) is 25.7 Å². The van der Waals surface area contributed by atoms with Gasteiger partial charge in [0.15, 0.2) is 0 Å². The van der Waals surface area contributed by atoms with Crippen LogP contribution in [0.5, 0.6) is 0 Å². The number of aliphatic carboxylic acids is 2. The molecular formula is C16H18O7. The van der Waals surface area contributed by atoms with Crippen LogP contribution >= 0.6 is 0 Å². The Hall–Kier alpha value is -2.70. The van der Waals surface area contributed by atoms with E-state index in [1.54, 1.807) is 12.2 Å². The van der Waals surface area contributed by atoms with E-state index >= 15 is 0 Å². The highest BCUT2D eigenvalue weighted by Crippen LogP contribution is 2.51. The first-order valence-electron chi connectivity index (χ1n) is 6.89. The van der Waals surface area contributed by atoms with E-state index in [4.69, 9.17) is 14.9 Å². The SMILES string of the molecule is C=CC1(C(=O)OC(=O)C2(C=C)CC2)CC1.O=C(O)/C=C\C(=O)O. The summed E-state index contributed by atoms with van der Waals surface area (Å²) in [5.41, 5.74) is -1.15. The quantitative estimate of drug-likeness (QED) is 0.331. The number of carbonyl (C=O) groups excluding carboxylic acids is 2. The van der Waals surface area contributed by atoms with Gasteiger partial charge >= 0.3 is 23.9 Å². The first-order chi connectivity index (χ1) is 10.7. The van der Waals surface area contributed by atoms with E-state index in [0.717, 1.165) is 25.7 Å². The maximum atomic E-state index is 11.6. The van der Waals surface area contributed by atoms with E-state index < -0.39 is 34.7 Å². The number of hydrogen-bond donors (Lipinski definition) is 2. The summed E-state index contributed by atoms with van der Waals surface area (Å²) in [6, 6.07) is 0. The highest BCUT2D eigenvalue weighted by atomic mass is 16.6. The molecule has 0 radical (unpaired) electrons. The van der Waals surface area contributed by atoms with Gasteiger partial charge in [-0.25, -0.2) is 9.59 Å². The maximum Gasteiger partial charge on any atom is 0.328 e. The highest BCUT2D eigenvalue weighted by molar-refractivity contribution is 5.95. The second-order valence-electron chi connectivity index (χ2n) is 5.41. The van der Waals surface area contributed by atoms with E-state index in [0.29, 0.717) is 12.2 Å². The Labute approximate surface area is 132 Å². The first-order valence-corrected chi connectivity index (χ1v) is 6.89. The van der Waals surface area contributed by atoms with E-state index in [2.05, 4.69) is 13.2 Å². The molecule has 0 bridgehead atoms. The van der Waals surface area contributed by atoms with Gasteiger partial charge in [0, 0.05) is 12.2 Å². The summed E-state index contributed by atoms with van der Waals surface area (Å²) in [4.78, 5) is 42.3. The van der Waals surface area contributed by atoms with Gasteiger partial charge in [-0.2, -0.15) is 0 Å². The van der Waals surface area contributed by atoms with Crippen LogP contribution in [0.15, 0.2) is 37.5 Å². The zero-order valence-electron chi connectivity index (χ0n) is 12.5. The van der Waals surface area contributed by atoms with Crippen LogP contribution in [-0.2, 0) is 23.9 Å². The highest BCUT2D eigenvalue weighted by Gasteiger charge is 2.54. The number of hydrogen-bond acceptors (Lipinski definition) is 5. The smallest absolute Gasteiger partial charge is 0.328 e. The van der Waals surface area contributed by atoms with Gasteiger partial charge in [-0.1, -0.05) is 12.2 Å². The van der Waals surface area contributed by atoms with Crippen LogP contribution in [0, 0.1) is 10.8 Å². The van der Waals surface area contributed by atoms with Crippen LogP contribution in [-0.4, -0.2) is 34.1 Å². The molecule has 0 aromatic carbocycles. The molecule has 0 aromatic heterocycles. The normalized spacial score (nSPS) is 18.8. The average Bonchev–Trinajstić information content (AvgIpc) is 3.39. The molecule has 7 nitrogen and oxygen atoms in total. The zero-order valence-corrected chi connectivity index (χ0v) is 12.5. The van der Waals surface area contributed by atoms with Crippen molar-refractivity contribution < 1.29 is 34.1 Å². The number of esters is 2. The molecule has 0 aromatic rings. The third kappa shape index (κ3) is 4.91. The predicted molar refractivity (Wildman–Crippen MR) is 79.2 cm³/mol. The Morgan fingerprint density at radius 2 is 1.09 bits per heavy atom. The molecule has 124 valence electrons. The van der Waals surface area contributed by atoms with Gasteiger partial charge in [0.05, 0.1) is 10.8 Å². The third-order valence-electron chi connectivity index (χ3n) is 3.73. The topological polar surface area (TPSA) is 118 Å². The molecule has 23 heavy (non-hydrogen) atoms. The summed E-state index contributed by atoms with van der Waals surface area (Å²) in [7, 11) is 0. The molecule has 2 fully saturated rings. The van der Waals surface area contributed by atoms with Crippen molar-refractivity contribution in [3.63, 3.8) is 0 Å². The Kier molecular flexibility index (Phi) is 5.62. The van der Waals surface area contributed by atoms with Gasteiger partial charge in [-0.3, -0.25) is 9.59 Å². The third-order valence-corrected chi connectivity index (χ3v) is 3.73. The molecule has 7 heteroatoms. The molecule has 2 aliphatic carbocycles. The van der Waals surface area contributed by atoms with E-state index in [1.807, 2.05) is 0 Å². The first kappa shape index (κ1) is 18.3. The summed E-state index contributed by atoms with van der Waals surface area (Å²) in [5.74, 6) is -3.41. The number of ether oxygens (including phenoxy) is 1. The van der Waals surface area contributed by atoms with Crippen molar-refractivity contribution in [3.05, 3.63) is 37.5 Å². The maximum absolute atomic E-state index is 11.6. The van der Waals surface area contributed by atoms with E-state index in [1.165, 1.54) is 0 Å². The summed E-state index contributed by atoms with van der Waals surface area (Å²) in [6.07, 6.45) is 7.23. The van der Waals surface area contributed by atoms with Crippen LogP contribution in [0.4, 0.5) is 0 Å². The fourth-order valence-corrected chi connectivity index (χ4v) is 1.68. The van der Waals surface area contributed by atoms with Crippen molar-refractivity contribution in [2.24, 2.45) is 10.8 Å². The fourth-order valence-electron chi connectivity index (χ4n) is 1.68. The molecule has 0 aliphatic heterocycles. The van der Waals surface area contributed by atoms with Crippen molar-refractivity contribution in [3.8, 4) is 0 Å². The monoisotopic (exact) mass is 322 g/mol. The number of carboxylic acid groups (broad SMARTS) is 2. The molecule has 0 heterocycles. The minimum atomic E-state index is -1.26. The van der Waals surface area contributed by atoms with Gasteiger partial charge in [0.1, 0.15) is 0 Å². The summed E-state index contributed by atoms with van der Waals surface area (Å²) in [6.45, 7) is 7.18. The van der Waals surface area contributed by atoms with Gasteiger partial charge < -0.3 is 14.9 Å². The Morgan fingerprint density at radius 1 is 0.783 bits per heavy atom. The summed E-state index contributed by atoms with van der Waals surface area (Å²) >= 11 is 0. The number of rotatable bonds is 6. The molecule has 0 saturated heterocycles. The Bertz CT molecular complexity index is 527. The Balaban J connectivity index is 0.000000284. The lowest BCUT2D eigenvalue weighted by Crippen LogP contribution is -2.25. The Morgan fingerprint density at radius 3 is 1.26 bits per heavy atom. The minimum absolute atomic E-state index is 0.448. The molecule has 0 amide bonds. The van der Waals surface area contributed by atoms with E-state index in [9.17, 15) is 19.2 Å². The molecule has 0 atom stereocenters. The second kappa shape index (κ2) is 7.04. The number of carboxylic acids is 2. The largest absolute Gasteiger partial charge is 0.478 e. The van der Waals surface area contributed by atoms with Crippen molar-refractivity contribution in [2.75, 3.05) is 0 Å². The standard InChI is InChI=1S/C12H14O3.C4H4O4/c1-3-11(5-6-11)9(13)15-10(14)12(4-2)7-8-12;5-3(6)1-2-4(7)8/h3-4H,1-2,5-8H2;1-2H,(H,5,6)(H,7,8)/b;2-1-. The molecule has 0 spiro atoms. The molecule has 2 saturated carbocycles. The average molecular weight is 322 g/mol. The van der Waals surface area contributed by atoms with Crippen LogP contribution in [0.2, 0.25) is 0 Å². The summed E-state index contributed by atoms with van der Waals surface area (Å²) < 4.78 is 4.87. The van der Waals surface area contributed by atoms with Crippen molar-refractivity contribution in [1.29, 1.82) is 0 Å². The lowest BCUT2D eigenvalue weighted by molar-refractivity contribution is -0.165. The van der Waals surface area contributed by atoms with Crippen LogP contribution < -0.4 is 0 Å². The zero-order chi connectivity index (χ0) is 17.7. The predicted octanol–water partition coefficient (Wildman–Crippen LogP) is 1.70. The molecular weight excluding hydrogens is 304 g/mol. The molecule has 2 rings (SSSR count). The van der Waals surface area contributed by atoms with Crippen LogP contribution in [0.3, 0.4) is 0 Å². The second-order valence-corrected chi connectivity index (χ2v) is 5.41. The van der Waals surface area contributed by atoms with Gasteiger partial charge in [0.2, 0.25) is 0 Å². The lowest BCUT2D eigenvalue weighted by Gasteiger charge is -2.11. The number of carbonyl (C=O) groups is 4. The van der Waals surface area contributed by atoms with Crippen molar-refractivity contribution in [1.82, 2.24) is 0 Å². The fraction of sp³-hybridized carbons (Fsp3) is 0.375. The van der Waals surface area contributed by atoms with E-state index in [-0.39, 0.29) is 0 Å². The lowest BCUT2D eigenvalue weighted by atomic mass is 10.1. The van der Waals surface area contributed by atoms with Gasteiger partial charge in [-0.05, 0) is 25.7 Å². The van der Waals surface area contributed by atoms with Gasteiger partial charge in [-0.15, -0.1) is 13.2 Å².